The van der Waals surface area contributed by atoms with Crippen molar-refractivity contribution in [3.8, 4) is 0 Å². The monoisotopic (exact) mass is 479 g/mol. The highest BCUT2D eigenvalue weighted by Gasteiger charge is 2.53. The number of carboxylic acids is 1. The molecule has 0 unspecified atom stereocenters. The fourth-order valence-electron chi connectivity index (χ4n) is 6.09. The Morgan fingerprint density at radius 3 is 2.49 bits per heavy atom. The molecule has 8 heteroatoms. The van der Waals surface area contributed by atoms with Crippen LogP contribution in [0.3, 0.4) is 0 Å². The van der Waals surface area contributed by atoms with Gasteiger partial charge in [0.25, 0.3) is 0 Å². The number of carbonyl (C=O) groups is 2. The minimum absolute atomic E-state index is 0.0277. The smallest absolute Gasteiger partial charge is 0.328 e. The van der Waals surface area contributed by atoms with Gasteiger partial charge < -0.3 is 19.3 Å². The third-order valence-corrected chi connectivity index (χ3v) is 8.31. The number of aromatic nitrogens is 2. The number of hydrogen-bond donors (Lipinski definition) is 1. The van der Waals surface area contributed by atoms with Gasteiger partial charge in [-0.2, -0.15) is 4.98 Å². The van der Waals surface area contributed by atoms with Crippen molar-refractivity contribution in [2.75, 3.05) is 24.7 Å². The van der Waals surface area contributed by atoms with Gasteiger partial charge >= 0.3 is 5.97 Å². The van der Waals surface area contributed by atoms with Gasteiger partial charge in [0.2, 0.25) is 11.8 Å². The fourth-order valence-corrected chi connectivity index (χ4v) is 6.09. The quantitative estimate of drug-likeness (QED) is 0.582. The number of anilines is 1. The van der Waals surface area contributed by atoms with E-state index in [0.717, 1.165) is 74.6 Å². The van der Waals surface area contributed by atoms with Crippen LogP contribution in [0.1, 0.15) is 68.6 Å². The average molecular weight is 480 g/mol. The van der Waals surface area contributed by atoms with Gasteiger partial charge in [-0.05, 0) is 87.5 Å². The summed E-state index contributed by atoms with van der Waals surface area (Å²) in [6.45, 7) is 3.76. The van der Waals surface area contributed by atoms with Crippen molar-refractivity contribution in [3.63, 3.8) is 0 Å². The maximum Gasteiger partial charge on any atom is 0.328 e. The van der Waals surface area contributed by atoms with Crippen LogP contribution in [0.15, 0.2) is 34.9 Å². The summed E-state index contributed by atoms with van der Waals surface area (Å²) in [7, 11) is 0. The molecule has 8 nitrogen and oxygen atoms in total. The first-order valence-corrected chi connectivity index (χ1v) is 12.6. The van der Waals surface area contributed by atoms with Crippen LogP contribution in [-0.2, 0) is 19.7 Å². The Balaban J connectivity index is 1.40. The lowest BCUT2D eigenvalue weighted by molar-refractivity contribution is -0.131. The number of benzene rings is 1. The number of amides is 1. The molecule has 2 bridgehead atoms. The zero-order chi connectivity index (χ0) is 24.5. The lowest BCUT2D eigenvalue weighted by Gasteiger charge is -2.53. The van der Waals surface area contributed by atoms with Gasteiger partial charge in [-0.3, -0.25) is 4.79 Å². The minimum Gasteiger partial charge on any atom is -0.478 e. The third-order valence-electron chi connectivity index (χ3n) is 8.31. The highest BCUT2D eigenvalue weighted by Crippen LogP contribution is 2.58. The number of ether oxygens (including phenoxy) is 1. The number of aliphatic carboxylic acids is 1. The molecule has 1 amide bonds. The van der Waals surface area contributed by atoms with E-state index in [-0.39, 0.29) is 22.7 Å². The van der Waals surface area contributed by atoms with E-state index in [1.165, 1.54) is 0 Å². The van der Waals surface area contributed by atoms with Gasteiger partial charge in [-0.1, -0.05) is 17.3 Å². The lowest BCUT2D eigenvalue weighted by Crippen LogP contribution is -2.52. The van der Waals surface area contributed by atoms with Crippen molar-refractivity contribution >= 4 is 23.6 Å². The van der Waals surface area contributed by atoms with E-state index in [2.05, 4.69) is 10.1 Å². The maximum atomic E-state index is 13.8. The molecule has 35 heavy (non-hydrogen) atoms. The predicted octanol–water partition coefficient (Wildman–Crippen LogP) is 4.53. The molecule has 2 heterocycles. The van der Waals surface area contributed by atoms with Crippen LogP contribution in [0.5, 0.6) is 0 Å². The van der Waals surface area contributed by atoms with Crippen molar-refractivity contribution < 1.29 is 24.0 Å². The van der Waals surface area contributed by atoms with Crippen molar-refractivity contribution in [2.24, 2.45) is 11.3 Å². The summed E-state index contributed by atoms with van der Waals surface area (Å²) >= 11 is 0. The highest BCUT2D eigenvalue weighted by molar-refractivity contribution is 5.95. The molecule has 3 saturated carbocycles. The van der Waals surface area contributed by atoms with Gasteiger partial charge in [0.1, 0.15) is 0 Å². The largest absolute Gasteiger partial charge is 0.478 e. The molecule has 1 saturated heterocycles. The van der Waals surface area contributed by atoms with Gasteiger partial charge in [0, 0.05) is 42.9 Å². The molecule has 0 atom stereocenters. The molecule has 186 valence electrons. The van der Waals surface area contributed by atoms with Crippen LogP contribution in [-0.4, -0.2) is 46.9 Å². The zero-order valence-corrected chi connectivity index (χ0v) is 20.2. The Morgan fingerprint density at radius 1 is 1.14 bits per heavy atom. The Labute approximate surface area is 205 Å². The summed E-state index contributed by atoms with van der Waals surface area (Å²) in [5, 5.41) is 13.0. The maximum absolute atomic E-state index is 13.8. The molecular weight excluding hydrogens is 446 g/mol. The van der Waals surface area contributed by atoms with E-state index in [1.807, 2.05) is 36.1 Å². The first-order valence-electron chi connectivity index (χ1n) is 12.6. The molecular formula is C27H33N3O5. The molecule has 1 aromatic carbocycles. The molecule has 4 fully saturated rings. The molecule has 2 aromatic rings. The summed E-state index contributed by atoms with van der Waals surface area (Å²) in [6.07, 6.45) is 10.2. The summed E-state index contributed by atoms with van der Waals surface area (Å²) in [5.41, 5.74) is 1.63. The predicted molar refractivity (Wildman–Crippen MR) is 130 cm³/mol. The number of fused-ring (bicyclic) bond motifs is 3. The second-order valence-electron chi connectivity index (χ2n) is 10.5. The van der Waals surface area contributed by atoms with Crippen molar-refractivity contribution in [3.05, 3.63) is 47.6 Å². The second kappa shape index (κ2) is 9.57. The number of rotatable bonds is 7. The van der Waals surface area contributed by atoms with E-state index < -0.39 is 5.97 Å². The second-order valence-corrected chi connectivity index (χ2v) is 10.5. The third kappa shape index (κ3) is 4.89. The van der Waals surface area contributed by atoms with E-state index in [0.29, 0.717) is 25.6 Å². The van der Waals surface area contributed by atoms with Crippen molar-refractivity contribution in [1.82, 2.24) is 10.1 Å². The van der Waals surface area contributed by atoms with E-state index in [4.69, 9.17) is 14.4 Å². The summed E-state index contributed by atoms with van der Waals surface area (Å²) in [6, 6.07) is 7.64. The lowest BCUT2D eigenvalue weighted by atomic mass is 9.53. The van der Waals surface area contributed by atoms with Gasteiger partial charge in [-0.15, -0.1) is 0 Å². The van der Waals surface area contributed by atoms with Gasteiger partial charge in [0.15, 0.2) is 5.82 Å². The van der Waals surface area contributed by atoms with Crippen molar-refractivity contribution in [1.29, 1.82) is 0 Å². The van der Waals surface area contributed by atoms with Crippen LogP contribution in [0.2, 0.25) is 0 Å². The molecule has 1 aliphatic heterocycles. The number of nitrogens with zero attached hydrogens (tertiary/aromatic N) is 3. The molecule has 0 spiro atoms. The average Bonchev–Trinajstić information content (AvgIpc) is 3.34. The molecule has 1 N–H and O–H groups in total. The summed E-state index contributed by atoms with van der Waals surface area (Å²) in [5.74, 6) is 0.565. The number of hydrogen-bond acceptors (Lipinski definition) is 6. The summed E-state index contributed by atoms with van der Waals surface area (Å²) in [4.78, 5) is 31.4. The SMILES string of the molecule is Cc1noc(C23CCC(CN(C(=O)C4CCOCC4)c4cccc(/C=C/C(=O)O)c4)(CC2)CC3)n1. The van der Waals surface area contributed by atoms with Crippen LogP contribution in [0.4, 0.5) is 5.69 Å². The Kier molecular flexibility index (Phi) is 6.49. The summed E-state index contributed by atoms with van der Waals surface area (Å²) < 4.78 is 11.1. The standard InChI is InChI=1S/C27H33N3O5/c1-19-28-25(35-29-19)27-12-9-26(10-13-27,11-14-27)18-30(24(33)21-7-15-34-16-8-21)22-4-2-3-20(17-22)5-6-23(31)32/h2-6,17,21H,7-16,18H2,1H3,(H,31,32)/b6-5+. The molecule has 3 aliphatic carbocycles. The number of aryl methyl sites for hydroxylation is 1. The minimum atomic E-state index is -0.992. The van der Waals surface area contributed by atoms with Gasteiger partial charge in [0.05, 0.1) is 0 Å². The Hall–Kier alpha value is -3.00. The van der Waals surface area contributed by atoms with Gasteiger partial charge in [-0.25, -0.2) is 4.79 Å². The first-order chi connectivity index (χ1) is 16.9. The van der Waals surface area contributed by atoms with E-state index in [1.54, 1.807) is 6.08 Å². The number of carboxylic acid groups (broad SMARTS) is 1. The van der Waals surface area contributed by atoms with Crippen molar-refractivity contribution in [2.45, 2.75) is 63.7 Å². The molecule has 1 aromatic heterocycles. The Morgan fingerprint density at radius 2 is 1.86 bits per heavy atom. The van der Waals surface area contributed by atoms with Crippen LogP contribution in [0, 0.1) is 18.3 Å². The Bertz CT molecular complexity index is 1090. The van der Waals surface area contributed by atoms with Crippen LogP contribution < -0.4 is 4.90 Å². The van der Waals surface area contributed by atoms with Crippen LogP contribution >= 0.6 is 0 Å². The molecule has 0 radical (unpaired) electrons. The van der Waals surface area contributed by atoms with E-state index in [9.17, 15) is 9.59 Å². The van der Waals surface area contributed by atoms with Crippen LogP contribution in [0.25, 0.3) is 6.08 Å². The fraction of sp³-hybridized carbons (Fsp3) is 0.556. The zero-order valence-electron chi connectivity index (χ0n) is 20.2. The van der Waals surface area contributed by atoms with E-state index >= 15 is 0 Å². The molecule has 6 rings (SSSR count). The highest BCUT2D eigenvalue weighted by atomic mass is 16.5. The first kappa shape index (κ1) is 23.7. The number of carbonyl (C=O) groups excluding carboxylic acids is 1. The molecule has 4 aliphatic rings. The topological polar surface area (TPSA) is 106 Å². The normalized spacial score (nSPS) is 26.8.